The largest absolute Gasteiger partial charge is 0.350 e. The number of rotatable bonds is 7. The van der Waals surface area contributed by atoms with Crippen LogP contribution >= 0.6 is 11.6 Å². The van der Waals surface area contributed by atoms with E-state index >= 15 is 0 Å². The van der Waals surface area contributed by atoms with E-state index in [2.05, 4.69) is 20.2 Å². The molecule has 3 heterocycles. The van der Waals surface area contributed by atoms with Crippen LogP contribution in [0.25, 0.3) is 22.6 Å². The zero-order valence-corrected chi connectivity index (χ0v) is 19.0. The zero-order chi connectivity index (χ0) is 22.6. The summed E-state index contributed by atoms with van der Waals surface area (Å²) in [5, 5.41) is 7.28. The summed E-state index contributed by atoms with van der Waals surface area (Å²) in [6, 6.07) is 14.4. The van der Waals surface area contributed by atoms with Gasteiger partial charge in [-0.3, -0.25) is 0 Å². The maximum Gasteiger partial charge on any atom is 0.225 e. The summed E-state index contributed by atoms with van der Waals surface area (Å²) in [5.41, 5.74) is 3.08. The minimum Gasteiger partial charge on any atom is -0.350 e. The van der Waals surface area contributed by atoms with Crippen molar-refractivity contribution in [3.63, 3.8) is 0 Å². The Morgan fingerprint density at radius 2 is 1.85 bits per heavy atom. The molecule has 170 valence electrons. The van der Waals surface area contributed by atoms with Gasteiger partial charge in [0, 0.05) is 29.2 Å². The molecular formula is C25H26ClFN6. The van der Waals surface area contributed by atoms with Crippen molar-refractivity contribution in [2.75, 3.05) is 18.4 Å². The molecule has 2 N–H and O–H groups in total. The standard InChI is InChI=1S/C25H26ClFN6/c26-20-7-5-18(6-8-20)23-31-22-16-30-25(29-15-19-3-1-2-4-21(19)27)32-24(22)33(23)14-11-17-9-12-28-13-10-17/h1-8,16-17,28H,9-15H2,(H,29,30,32). The third kappa shape index (κ3) is 4.99. The highest BCUT2D eigenvalue weighted by Gasteiger charge is 2.18. The molecule has 1 aliphatic heterocycles. The lowest BCUT2D eigenvalue weighted by atomic mass is 9.95. The van der Waals surface area contributed by atoms with Crippen molar-refractivity contribution in [2.45, 2.75) is 32.4 Å². The Hall–Kier alpha value is -3.03. The van der Waals surface area contributed by atoms with E-state index in [1.54, 1.807) is 18.3 Å². The fraction of sp³-hybridized carbons (Fsp3) is 0.320. The van der Waals surface area contributed by atoms with Crippen LogP contribution in [0.4, 0.5) is 10.3 Å². The quantitative estimate of drug-likeness (QED) is 0.389. The Balaban J connectivity index is 1.46. The molecule has 6 nitrogen and oxygen atoms in total. The average Bonchev–Trinajstić information content (AvgIpc) is 3.21. The first-order chi connectivity index (χ1) is 16.2. The van der Waals surface area contributed by atoms with E-state index in [0.717, 1.165) is 48.6 Å². The number of benzene rings is 2. The molecule has 0 unspecified atom stereocenters. The number of piperidine rings is 1. The first kappa shape index (κ1) is 21.8. The molecule has 4 aromatic rings. The fourth-order valence-electron chi connectivity index (χ4n) is 4.33. The first-order valence-corrected chi connectivity index (χ1v) is 11.7. The number of aromatic nitrogens is 4. The Kier molecular flexibility index (Phi) is 6.51. The molecule has 0 spiro atoms. The predicted molar refractivity (Wildman–Crippen MR) is 130 cm³/mol. The van der Waals surface area contributed by atoms with Crippen LogP contribution in [0.15, 0.2) is 54.7 Å². The van der Waals surface area contributed by atoms with E-state index in [-0.39, 0.29) is 5.82 Å². The number of imidazole rings is 1. The summed E-state index contributed by atoms with van der Waals surface area (Å²) in [4.78, 5) is 14.0. The van der Waals surface area contributed by atoms with Crippen LogP contribution in [0.5, 0.6) is 0 Å². The Morgan fingerprint density at radius 3 is 2.64 bits per heavy atom. The minimum absolute atomic E-state index is 0.247. The second kappa shape index (κ2) is 9.85. The topological polar surface area (TPSA) is 67.7 Å². The number of hydrogen-bond acceptors (Lipinski definition) is 5. The normalized spacial score (nSPS) is 14.6. The number of hydrogen-bond donors (Lipinski definition) is 2. The van der Waals surface area contributed by atoms with Crippen molar-refractivity contribution < 1.29 is 4.39 Å². The fourth-order valence-corrected chi connectivity index (χ4v) is 4.46. The van der Waals surface area contributed by atoms with Gasteiger partial charge in [0.15, 0.2) is 5.65 Å². The predicted octanol–water partition coefficient (Wildman–Crippen LogP) is 5.29. The molecule has 33 heavy (non-hydrogen) atoms. The van der Waals surface area contributed by atoms with Gasteiger partial charge < -0.3 is 15.2 Å². The van der Waals surface area contributed by atoms with Crippen molar-refractivity contribution in [1.29, 1.82) is 0 Å². The maximum atomic E-state index is 14.0. The molecule has 2 aromatic heterocycles. The SMILES string of the molecule is Fc1ccccc1CNc1ncc2nc(-c3ccc(Cl)cc3)n(CCC3CCNCC3)c2n1. The molecule has 1 aliphatic rings. The highest BCUT2D eigenvalue weighted by Crippen LogP contribution is 2.27. The van der Waals surface area contributed by atoms with Crippen LogP contribution in [-0.2, 0) is 13.1 Å². The first-order valence-electron chi connectivity index (χ1n) is 11.3. The smallest absolute Gasteiger partial charge is 0.225 e. The van der Waals surface area contributed by atoms with Crippen molar-refractivity contribution in [1.82, 2.24) is 24.8 Å². The zero-order valence-electron chi connectivity index (χ0n) is 18.3. The molecule has 0 radical (unpaired) electrons. The average molecular weight is 465 g/mol. The summed E-state index contributed by atoms with van der Waals surface area (Å²) in [6.07, 6.45) is 5.17. The van der Waals surface area contributed by atoms with Crippen molar-refractivity contribution in [3.05, 3.63) is 71.1 Å². The van der Waals surface area contributed by atoms with Crippen LogP contribution in [0.1, 0.15) is 24.8 Å². The Morgan fingerprint density at radius 1 is 1.06 bits per heavy atom. The summed E-state index contributed by atoms with van der Waals surface area (Å²) in [7, 11) is 0. The number of nitrogens with one attached hydrogen (secondary N) is 2. The lowest BCUT2D eigenvalue weighted by molar-refractivity contribution is 0.339. The molecular weight excluding hydrogens is 439 g/mol. The van der Waals surface area contributed by atoms with Crippen molar-refractivity contribution in [3.8, 4) is 11.4 Å². The molecule has 0 saturated carbocycles. The summed E-state index contributed by atoms with van der Waals surface area (Å²) in [5.74, 6) is 1.75. The third-order valence-electron chi connectivity index (χ3n) is 6.20. The lowest BCUT2D eigenvalue weighted by Gasteiger charge is -2.23. The van der Waals surface area contributed by atoms with Crippen molar-refractivity contribution in [2.24, 2.45) is 5.92 Å². The van der Waals surface area contributed by atoms with Crippen LogP contribution in [0.3, 0.4) is 0 Å². The van der Waals surface area contributed by atoms with Crippen LogP contribution in [-0.4, -0.2) is 32.6 Å². The van der Waals surface area contributed by atoms with Gasteiger partial charge in [0.05, 0.1) is 6.20 Å². The highest BCUT2D eigenvalue weighted by atomic mass is 35.5. The van der Waals surface area contributed by atoms with Gasteiger partial charge in [0.1, 0.15) is 17.2 Å². The second-order valence-corrected chi connectivity index (χ2v) is 8.86. The third-order valence-corrected chi connectivity index (χ3v) is 6.46. The molecule has 8 heteroatoms. The number of anilines is 1. The van der Waals surface area contributed by atoms with Gasteiger partial charge in [0.25, 0.3) is 0 Å². The van der Waals surface area contributed by atoms with E-state index in [0.29, 0.717) is 29.0 Å². The molecule has 0 bridgehead atoms. The van der Waals surface area contributed by atoms with Crippen LogP contribution < -0.4 is 10.6 Å². The monoisotopic (exact) mass is 464 g/mol. The van der Waals surface area contributed by atoms with Gasteiger partial charge in [-0.15, -0.1) is 0 Å². The number of aryl methyl sites for hydroxylation is 1. The summed E-state index contributed by atoms with van der Waals surface area (Å²) in [6.45, 7) is 3.28. The number of nitrogens with zero attached hydrogens (tertiary/aromatic N) is 4. The molecule has 0 amide bonds. The summed E-state index contributed by atoms with van der Waals surface area (Å²) >= 11 is 6.11. The van der Waals surface area contributed by atoms with Gasteiger partial charge in [-0.2, -0.15) is 4.98 Å². The van der Waals surface area contributed by atoms with Crippen LogP contribution in [0, 0.1) is 11.7 Å². The molecule has 0 aliphatic carbocycles. The van der Waals surface area contributed by atoms with Gasteiger partial charge in [-0.1, -0.05) is 29.8 Å². The van der Waals surface area contributed by atoms with E-state index in [4.69, 9.17) is 21.6 Å². The van der Waals surface area contributed by atoms with Gasteiger partial charge >= 0.3 is 0 Å². The molecule has 5 rings (SSSR count). The maximum absolute atomic E-state index is 14.0. The van der Waals surface area contributed by atoms with E-state index in [1.807, 2.05) is 30.3 Å². The molecule has 2 aromatic carbocycles. The number of fused-ring (bicyclic) bond motifs is 1. The van der Waals surface area contributed by atoms with Crippen LogP contribution in [0.2, 0.25) is 5.02 Å². The molecule has 1 saturated heterocycles. The van der Waals surface area contributed by atoms with Crippen molar-refractivity contribution >= 4 is 28.7 Å². The van der Waals surface area contributed by atoms with Gasteiger partial charge in [-0.05, 0) is 68.6 Å². The summed E-state index contributed by atoms with van der Waals surface area (Å²) < 4.78 is 16.2. The highest BCUT2D eigenvalue weighted by molar-refractivity contribution is 6.30. The second-order valence-electron chi connectivity index (χ2n) is 8.42. The van der Waals surface area contributed by atoms with Gasteiger partial charge in [-0.25, -0.2) is 14.4 Å². The Bertz CT molecular complexity index is 1230. The van der Waals surface area contributed by atoms with Gasteiger partial charge in [0.2, 0.25) is 5.95 Å². The number of halogens is 2. The van der Waals surface area contributed by atoms with E-state index < -0.39 is 0 Å². The Labute approximate surface area is 197 Å². The van der Waals surface area contributed by atoms with E-state index in [9.17, 15) is 4.39 Å². The van der Waals surface area contributed by atoms with E-state index in [1.165, 1.54) is 18.9 Å². The molecule has 1 fully saturated rings. The molecule has 0 atom stereocenters. The lowest BCUT2D eigenvalue weighted by Crippen LogP contribution is -2.28. The minimum atomic E-state index is -0.247.